The summed E-state index contributed by atoms with van der Waals surface area (Å²) in [5.74, 6) is 0. The minimum Gasteiger partial charge on any atom is -0.467 e. The molecule has 1 heterocycles. The van der Waals surface area contributed by atoms with Gasteiger partial charge in [-0.3, -0.25) is 0 Å². The Morgan fingerprint density at radius 1 is 1.41 bits per heavy atom. The molecule has 0 spiro atoms. The van der Waals surface area contributed by atoms with Crippen LogP contribution >= 0.6 is 11.3 Å². The standard InChI is InChI=1S/C10H17N3O3S/c1-7-12-13-9(17-7)15-6-5-11-8(14)16-10(2,3)4/h5-6H2,1-4H3,(H,11,14). The summed E-state index contributed by atoms with van der Waals surface area (Å²) in [4.78, 5) is 11.3. The average molecular weight is 259 g/mol. The Morgan fingerprint density at radius 3 is 2.65 bits per heavy atom. The van der Waals surface area contributed by atoms with Crippen LogP contribution in [0.25, 0.3) is 0 Å². The molecule has 0 fully saturated rings. The fraction of sp³-hybridized carbons (Fsp3) is 0.700. The Balaban J connectivity index is 2.14. The molecule has 0 aromatic carbocycles. The summed E-state index contributed by atoms with van der Waals surface area (Å²) >= 11 is 1.37. The number of alkyl carbamates (subject to hydrolysis) is 1. The highest BCUT2D eigenvalue weighted by Crippen LogP contribution is 2.15. The van der Waals surface area contributed by atoms with Gasteiger partial charge < -0.3 is 14.8 Å². The van der Waals surface area contributed by atoms with Crippen LogP contribution in [-0.4, -0.2) is 35.0 Å². The number of hydrogen-bond donors (Lipinski definition) is 1. The number of ether oxygens (including phenoxy) is 2. The molecular formula is C10H17N3O3S. The third-order valence-electron chi connectivity index (χ3n) is 1.50. The van der Waals surface area contributed by atoms with Gasteiger partial charge in [-0.05, 0) is 27.7 Å². The van der Waals surface area contributed by atoms with Gasteiger partial charge in [-0.2, -0.15) is 0 Å². The van der Waals surface area contributed by atoms with Gasteiger partial charge in [-0.15, -0.1) is 10.2 Å². The lowest BCUT2D eigenvalue weighted by Crippen LogP contribution is -2.34. The molecule has 0 unspecified atom stereocenters. The highest BCUT2D eigenvalue weighted by molar-refractivity contribution is 7.12. The van der Waals surface area contributed by atoms with Crippen molar-refractivity contribution < 1.29 is 14.3 Å². The van der Waals surface area contributed by atoms with Crippen molar-refractivity contribution >= 4 is 17.4 Å². The number of hydrogen-bond acceptors (Lipinski definition) is 6. The van der Waals surface area contributed by atoms with Crippen LogP contribution in [0.15, 0.2) is 0 Å². The Bertz CT molecular complexity index is 373. The summed E-state index contributed by atoms with van der Waals surface area (Å²) in [5.41, 5.74) is -0.485. The van der Waals surface area contributed by atoms with E-state index in [1.54, 1.807) is 0 Å². The van der Waals surface area contributed by atoms with Gasteiger partial charge in [-0.25, -0.2) is 4.79 Å². The van der Waals surface area contributed by atoms with Crippen LogP contribution in [0.1, 0.15) is 25.8 Å². The van der Waals surface area contributed by atoms with E-state index in [4.69, 9.17) is 9.47 Å². The van der Waals surface area contributed by atoms with Gasteiger partial charge in [0.2, 0.25) is 0 Å². The highest BCUT2D eigenvalue weighted by atomic mass is 32.1. The Hall–Kier alpha value is -1.37. The van der Waals surface area contributed by atoms with Crippen LogP contribution in [0.2, 0.25) is 0 Å². The van der Waals surface area contributed by atoms with Crippen LogP contribution < -0.4 is 10.1 Å². The maximum absolute atomic E-state index is 11.3. The molecule has 6 nitrogen and oxygen atoms in total. The minimum absolute atomic E-state index is 0.341. The SMILES string of the molecule is Cc1nnc(OCCNC(=O)OC(C)(C)C)s1. The van der Waals surface area contributed by atoms with Gasteiger partial charge in [0.15, 0.2) is 0 Å². The first-order valence-corrected chi connectivity index (χ1v) is 6.08. The van der Waals surface area contributed by atoms with E-state index in [2.05, 4.69) is 15.5 Å². The fourth-order valence-corrected chi connectivity index (χ4v) is 1.50. The Kier molecular flexibility index (Phi) is 4.68. The molecular weight excluding hydrogens is 242 g/mol. The number of aromatic nitrogens is 2. The van der Waals surface area contributed by atoms with Crippen LogP contribution in [0, 0.1) is 6.92 Å². The quantitative estimate of drug-likeness (QED) is 0.834. The third-order valence-corrected chi connectivity index (χ3v) is 2.25. The van der Waals surface area contributed by atoms with Gasteiger partial charge >= 0.3 is 6.09 Å². The molecule has 0 bridgehead atoms. The van der Waals surface area contributed by atoms with E-state index < -0.39 is 11.7 Å². The molecule has 7 heteroatoms. The lowest BCUT2D eigenvalue weighted by molar-refractivity contribution is 0.0520. The number of aryl methyl sites for hydroxylation is 1. The smallest absolute Gasteiger partial charge is 0.407 e. The van der Waals surface area contributed by atoms with Crippen molar-refractivity contribution in [1.82, 2.24) is 15.5 Å². The molecule has 1 rings (SSSR count). The monoisotopic (exact) mass is 259 g/mol. The average Bonchev–Trinajstić information content (AvgIpc) is 2.56. The van der Waals surface area contributed by atoms with E-state index in [-0.39, 0.29) is 0 Å². The van der Waals surface area contributed by atoms with Crippen molar-refractivity contribution in [2.45, 2.75) is 33.3 Å². The van der Waals surface area contributed by atoms with E-state index in [9.17, 15) is 4.79 Å². The van der Waals surface area contributed by atoms with Crippen LogP contribution in [0.3, 0.4) is 0 Å². The Labute approximate surface area is 104 Å². The second-order valence-electron chi connectivity index (χ2n) is 4.36. The first-order valence-electron chi connectivity index (χ1n) is 5.26. The highest BCUT2D eigenvalue weighted by Gasteiger charge is 2.15. The molecule has 96 valence electrons. The molecule has 17 heavy (non-hydrogen) atoms. The largest absolute Gasteiger partial charge is 0.467 e. The van der Waals surface area contributed by atoms with Crippen LogP contribution in [0.4, 0.5) is 4.79 Å². The second kappa shape index (κ2) is 5.81. The van der Waals surface area contributed by atoms with E-state index in [1.165, 1.54) is 11.3 Å². The third kappa shape index (κ3) is 6.06. The molecule has 0 aliphatic rings. The zero-order chi connectivity index (χ0) is 12.9. The lowest BCUT2D eigenvalue weighted by atomic mass is 10.2. The van der Waals surface area contributed by atoms with E-state index in [1.807, 2.05) is 27.7 Å². The molecule has 0 saturated carbocycles. The van der Waals surface area contributed by atoms with E-state index in [0.29, 0.717) is 18.3 Å². The molecule has 0 atom stereocenters. The number of amides is 1. The summed E-state index contributed by atoms with van der Waals surface area (Å²) < 4.78 is 10.3. The maximum atomic E-state index is 11.3. The van der Waals surface area contributed by atoms with Gasteiger partial charge in [0.25, 0.3) is 5.19 Å². The summed E-state index contributed by atoms with van der Waals surface area (Å²) in [6, 6.07) is 0. The second-order valence-corrected chi connectivity index (χ2v) is 5.51. The Morgan fingerprint density at radius 2 is 2.12 bits per heavy atom. The molecule has 1 N–H and O–H groups in total. The zero-order valence-electron chi connectivity index (χ0n) is 10.4. The van der Waals surface area contributed by atoms with Crippen molar-refractivity contribution in [2.24, 2.45) is 0 Å². The maximum Gasteiger partial charge on any atom is 0.407 e. The molecule has 1 aromatic heterocycles. The predicted molar refractivity (Wildman–Crippen MR) is 64.4 cm³/mol. The number of carbonyl (C=O) groups excluding carboxylic acids is 1. The van der Waals surface area contributed by atoms with E-state index >= 15 is 0 Å². The van der Waals surface area contributed by atoms with Crippen molar-refractivity contribution in [2.75, 3.05) is 13.2 Å². The van der Waals surface area contributed by atoms with Crippen molar-refractivity contribution in [1.29, 1.82) is 0 Å². The number of carbonyl (C=O) groups is 1. The van der Waals surface area contributed by atoms with Crippen LogP contribution in [0.5, 0.6) is 5.19 Å². The summed E-state index contributed by atoms with van der Waals surface area (Å²) in [6.07, 6.45) is -0.449. The van der Waals surface area contributed by atoms with Crippen molar-refractivity contribution in [3.8, 4) is 5.19 Å². The predicted octanol–water partition coefficient (Wildman–Crippen LogP) is 1.75. The van der Waals surface area contributed by atoms with Gasteiger partial charge in [0.1, 0.15) is 17.2 Å². The lowest BCUT2D eigenvalue weighted by Gasteiger charge is -2.19. The van der Waals surface area contributed by atoms with Gasteiger partial charge in [-0.1, -0.05) is 11.3 Å². The summed E-state index contributed by atoms with van der Waals surface area (Å²) in [6.45, 7) is 8.00. The molecule has 1 aromatic rings. The van der Waals surface area contributed by atoms with Crippen LogP contribution in [-0.2, 0) is 4.74 Å². The van der Waals surface area contributed by atoms with E-state index in [0.717, 1.165) is 5.01 Å². The first kappa shape index (κ1) is 13.7. The molecule has 0 radical (unpaired) electrons. The summed E-state index contributed by atoms with van der Waals surface area (Å²) in [5, 5.41) is 11.5. The fourth-order valence-electron chi connectivity index (χ4n) is 0.942. The normalized spacial score (nSPS) is 11.1. The first-order chi connectivity index (χ1) is 7.87. The zero-order valence-corrected chi connectivity index (χ0v) is 11.3. The topological polar surface area (TPSA) is 73.3 Å². The van der Waals surface area contributed by atoms with Gasteiger partial charge in [0.05, 0.1) is 6.54 Å². The molecule has 0 saturated heterocycles. The molecule has 0 aliphatic heterocycles. The number of rotatable bonds is 4. The number of nitrogens with zero attached hydrogens (tertiary/aromatic N) is 2. The molecule has 1 amide bonds. The van der Waals surface area contributed by atoms with Gasteiger partial charge in [0, 0.05) is 0 Å². The van der Waals surface area contributed by atoms with Crippen molar-refractivity contribution in [3.05, 3.63) is 5.01 Å². The summed E-state index contributed by atoms with van der Waals surface area (Å²) in [7, 11) is 0. The molecule has 0 aliphatic carbocycles. The minimum atomic E-state index is -0.485. The van der Waals surface area contributed by atoms with Crippen molar-refractivity contribution in [3.63, 3.8) is 0 Å². The number of nitrogens with one attached hydrogen (secondary N) is 1.